The van der Waals surface area contributed by atoms with Crippen molar-refractivity contribution in [2.75, 3.05) is 12.4 Å². The van der Waals surface area contributed by atoms with Gasteiger partial charge in [0.1, 0.15) is 5.82 Å². The number of aryl methyl sites for hydroxylation is 1. The van der Waals surface area contributed by atoms with Crippen LogP contribution in [0.2, 0.25) is 0 Å². The number of nitrogens with zero attached hydrogens (tertiary/aromatic N) is 1. The third-order valence-corrected chi connectivity index (χ3v) is 3.67. The summed E-state index contributed by atoms with van der Waals surface area (Å²) in [5.41, 5.74) is 4.94. The molecule has 0 bridgehead atoms. The van der Waals surface area contributed by atoms with Gasteiger partial charge in [0.25, 0.3) is 0 Å². The van der Waals surface area contributed by atoms with Crippen LogP contribution in [0.25, 0.3) is 22.2 Å². The fraction of sp³-hybridized carbons (Fsp3) is 0.167. The lowest BCUT2D eigenvalue weighted by Crippen LogP contribution is -1.96. The molecular formula is C18H17FN2. The molecule has 0 amide bonds. The number of benzene rings is 2. The molecule has 3 heteroatoms. The van der Waals surface area contributed by atoms with Gasteiger partial charge in [-0.1, -0.05) is 13.0 Å². The number of anilines is 1. The monoisotopic (exact) mass is 280 g/mol. The highest BCUT2D eigenvalue weighted by molar-refractivity contribution is 5.89. The van der Waals surface area contributed by atoms with E-state index in [1.807, 2.05) is 13.1 Å². The van der Waals surface area contributed by atoms with Gasteiger partial charge in [0.05, 0.1) is 16.9 Å². The van der Waals surface area contributed by atoms with Gasteiger partial charge in [-0.05, 0) is 54.4 Å². The van der Waals surface area contributed by atoms with Gasteiger partial charge in [0, 0.05) is 18.0 Å². The predicted molar refractivity (Wildman–Crippen MR) is 86.1 cm³/mol. The van der Waals surface area contributed by atoms with Gasteiger partial charge in [-0.3, -0.25) is 0 Å². The number of halogens is 1. The van der Waals surface area contributed by atoms with Crippen molar-refractivity contribution in [2.45, 2.75) is 13.3 Å². The van der Waals surface area contributed by atoms with Crippen molar-refractivity contribution in [2.24, 2.45) is 0 Å². The maximum Gasteiger partial charge on any atom is 0.123 e. The van der Waals surface area contributed by atoms with Crippen molar-refractivity contribution in [3.05, 3.63) is 59.9 Å². The number of hydrogen-bond acceptors (Lipinski definition) is 2. The fourth-order valence-electron chi connectivity index (χ4n) is 2.46. The van der Waals surface area contributed by atoms with E-state index in [2.05, 4.69) is 30.4 Å². The van der Waals surface area contributed by atoms with Crippen molar-refractivity contribution in [1.82, 2.24) is 4.98 Å². The molecule has 0 aliphatic heterocycles. The van der Waals surface area contributed by atoms with E-state index in [0.717, 1.165) is 34.3 Å². The zero-order chi connectivity index (χ0) is 14.8. The molecule has 0 saturated heterocycles. The summed E-state index contributed by atoms with van der Waals surface area (Å²) in [7, 11) is 1.87. The van der Waals surface area contributed by atoms with E-state index in [9.17, 15) is 4.39 Å². The SMILES string of the molecule is CCc1ccc2nc(-c3ccc(F)cc3)c(NC)cc2c1. The highest BCUT2D eigenvalue weighted by Crippen LogP contribution is 2.30. The summed E-state index contributed by atoms with van der Waals surface area (Å²) in [5.74, 6) is -0.238. The molecule has 0 atom stereocenters. The molecule has 1 N–H and O–H groups in total. The Labute approximate surface area is 123 Å². The second-order valence-electron chi connectivity index (χ2n) is 5.02. The Bertz CT molecular complexity index is 779. The number of aromatic nitrogens is 1. The summed E-state index contributed by atoms with van der Waals surface area (Å²) >= 11 is 0. The molecule has 2 aromatic carbocycles. The topological polar surface area (TPSA) is 24.9 Å². The van der Waals surface area contributed by atoms with Gasteiger partial charge >= 0.3 is 0 Å². The first kappa shape index (κ1) is 13.6. The number of fused-ring (bicyclic) bond motifs is 1. The average molecular weight is 280 g/mol. The third-order valence-electron chi connectivity index (χ3n) is 3.67. The molecule has 21 heavy (non-hydrogen) atoms. The second-order valence-corrected chi connectivity index (χ2v) is 5.02. The molecule has 2 nitrogen and oxygen atoms in total. The minimum atomic E-state index is -0.238. The Morgan fingerprint density at radius 1 is 1.05 bits per heavy atom. The Hall–Kier alpha value is -2.42. The number of rotatable bonds is 3. The Balaban J connectivity index is 2.20. The molecule has 0 aliphatic rings. The molecular weight excluding hydrogens is 263 g/mol. The van der Waals surface area contributed by atoms with Crippen molar-refractivity contribution in [3.8, 4) is 11.3 Å². The summed E-state index contributed by atoms with van der Waals surface area (Å²) in [6.07, 6.45) is 1.00. The fourth-order valence-corrected chi connectivity index (χ4v) is 2.46. The van der Waals surface area contributed by atoms with Crippen LogP contribution < -0.4 is 5.32 Å². The van der Waals surface area contributed by atoms with Crippen molar-refractivity contribution in [1.29, 1.82) is 0 Å². The number of hydrogen-bond donors (Lipinski definition) is 1. The van der Waals surface area contributed by atoms with Crippen LogP contribution in [0.5, 0.6) is 0 Å². The standard InChI is InChI=1S/C18H17FN2/c1-3-12-4-9-16-14(10-12)11-17(20-2)18(21-16)13-5-7-15(19)8-6-13/h4-11,20H,3H2,1-2H3. The van der Waals surface area contributed by atoms with Crippen molar-refractivity contribution < 1.29 is 4.39 Å². The maximum absolute atomic E-state index is 13.1. The van der Waals surface area contributed by atoms with Crippen LogP contribution in [0.15, 0.2) is 48.5 Å². The summed E-state index contributed by atoms with van der Waals surface area (Å²) in [5, 5.41) is 4.30. The third kappa shape index (κ3) is 2.59. The molecule has 3 rings (SSSR count). The maximum atomic E-state index is 13.1. The molecule has 0 aliphatic carbocycles. The minimum absolute atomic E-state index is 0.238. The molecule has 0 unspecified atom stereocenters. The van der Waals surface area contributed by atoms with Crippen LogP contribution in [-0.4, -0.2) is 12.0 Å². The largest absolute Gasteiger partial charge is 0.386 e. The van der Waals surface area contributed by atoms with Gasteiger partial charge < -0.3 is 5.32 Å². The summed E-state index contributed by atoms with van der Waals surface area (Å²) in [6.45, 7) is 2.14. The number of pyridine rings is 1. The van der Waals surface area contributed by atoms with Gasteiger partial charge in [0.2, 0.25) is 0 Å². The first-order chi connectivity index (χ1) is 10.2. The molecule has 0 saturated carbocycles. The van der Waals surface area contributed by atoms with E-state index in [1.54, 1.807) is 12.1 Å². The first-order valence-electron chi connectivity index (χ1n) is 7.08. The zero-order valence-electron chi connectivity index (χ0n) is 12.2. The summed E-state index contributed by atoms with van der Waals surface area (Å²) in [4.78, 5) is 4.74. The first-order valence-corrected chi connectivity index (χ1v) is 7.08. The van der Waals surface area contributed by atoms with E-state index < -0.39 is 0 Å². The van der Waals surface area contributed by atoms with Crippen LogP contribution in [0.3, 0.4) is 0 Å². The van der Waals surface area contributed by atoms with Gasteiger partial charge in [0.15, 0.2) is 0 Å². The second kappa shape index (κ2) is 5.52. The smallest absolute Gasteiger partial charge is 0.123 e. The van der Waals surface area contributed by atoms with Gasteiger partial charge in [-0.2, -0.15) is 0 Å². The molecule has 0 fully saturated rings. The lowest BCUT2D eigenvalue weighted by atomic mass is 10.0. The van der Waals surface area contributed by atoms with E-state index in [-0.39, 0.29) is 5.82 Å². The predicted octanol–water partition coefficient (Wildman–Crippen LogP) is 4.65. The van der Waals surface area contributed by atoms with Crippen LogP contribution in [0.4, 0.5) is 10.1 Å². The lowest BCUT2D eigenvalue weighted by Gasteiger charge is -2.11. The van der Waals surface area contributed by atoms with Crippen LogP contribution in [-0.2, 0) is 6.42 Å². The number of nitrogens with one attached hydrogen (secondary N) is 1. The Morgan fingerprint density at radius 2 is 1.81 bits per heavy atom. The molecule has 106 valence electrons. The van der Waals surface area contributed by atoms with Crippen molar-refractivity contribution >= 4 is 16.6 Å². The van der Waals surface area contributed by atoms with Gasteiger partial charge in [-0.25, -0.2) is 9.37 Å². The molecule has 3 aromatic rings. The Morgan fingerprint density at radius 3 is 2.48 bits per heavy atom. The average Bonchev–Trinajstić information content (AvgIpc) is 2.53. The minimum Gasteiger partial charge on any atom is -0.386 e. The lowest BCUT2D eigenvalue weighted by molar-refractivity contribution is 0.628. The Kier molecular flexibility index (Phi) is 3.57. The van der Waals surface area contributed by atoms with Crippen LogP contribution in [0.1, 0.15) is 12.5 Å². The molecule has 0 radical (unpaired) electrons. The highest BCUT2D eigenvalue weighted by atomic mass is 19.1. The van der Waals surface area contributed by atoms with E-state index in [4.69, 9.17) is 4.98 Å². The molecule has 0 spiro atoms. The van der Waals surface area contributed by atoms with Crippen molar-refractivity contribution in [3.63, 3.8) is 0 Å². The van der Waals surface area contributed by atoms with Crippen LogP contribution in [0, 0.1) is 5.82 Å². The van der Waals surface area contributed by atoms with Crippen LogP contribution >= 0.6 is 0 Å². The quantitative estimate of drug-likeness (QED) is 0.755. The summed E-state index contributed by atoms with van der Waals surface area (Å²) in [6, 6.07) is 14.8. The van der Waals surface area contributed by atoms with Gasteiger partial charge in [-0.15, -0.1) is 0 Å². The highest BCUT2D eigenvalue weighted by Gasteiger charge is 2.09. The van der Waals surface area contributed by atoms with E-state index in [0.29, 0.717) is 0 Å². The van der Waals surface area contributed by atoms with E-state index >= 15 is 0 Å². The molecule has 1 aromatic heterocycles. The molecule has 1 heterocycles. The normalized spacial score (nSPS) is 10.8. The zero-order valence-corrected chi connectivity index (χ0v) is 12.2. The van der Waals surface area contributed by atoms with E-state index in [1.165, 1.54) is 17.7 Å². The summed E-state index contributed by atoms with van der Waals surface area (Å²) < 4.78 is 13.1.